The van der Waals surface area contributed by atoms with Crippen molar-refractivity contribution in [3.63, 3.8) is 0 Å². The molecule has 0 atom stereocenters. The van der Waals surface area contributed by atoms with E-state index in [-0.39, 0.29) is 12.5 Å². The van der Waals surface area contributed by atoms with E-state index in [1.54, 1.807) is 6.20 Å². The zero-order valence-corrected chi connectivity index (χ0v) is 18.8. The van der Waals surface area contributed by atoms with Gasteiger partial charge in [0.15, 0.2) is 12.4 Å². The Hall–Kier alpha value is -3.85. The van der Waals surface area contributed by atoms with E-state index in [4.69, 9.17) is 4.74 Å². The number of fused-ring (bicyclic) bond motifs is 1. The number of para-hydroxylation sites is 2. The lowest BCUT2D eigenvalue weighted by atomic mass is 10.2. The van der Waals surface area contributed by atoms with Crippen LogP contribution in [0, 0.1) is 6.92 Å². The molecular weight excluding hydrogens is 418 g/mol. The number of likely N-dealkylation sites (N-methyl/N-ethyl adjacent to an activating group) is 1. The average molecular weight is 446 g/mol. The zero-order valence-electron chi connectivity index (χ0n) is 18.8. The number of nitrogens with one attached hydrogen (secondary N) is 2. The summed E-state index contributed by atoms with van der Waals surface area (Å²) in [4.78, 5) is 26.2. The van der Waals surface area contributed by atoms with Gasteiger partial charge < -0.3 is 19.9 Å². The fourth-order valence-corrected chi connectivity index (χ4v) is 3.90. The molecule has 0 bridgehead atoms. The van der Waals surface area contributed by atoms with Gasteiger partial charge in [0, 0.05) is 49.3 Å². The number of hydrogen-bond acceptors (Lipinski definition) is 8. The second kappa shape index (κ2) is 8.95. The minimum atomic E-state index is -0.194. The number of nitrogens with zero attached hydrogens (tertiary/aromatic N) is 5. The van der Waals surface area contributed by atoms with Crippen LogP contribution < -0.4 is 25.4 Å². The number of carbonyl (C=O) groups is 1. The molecule has 0 aliphatic carbocycles. The lowest BCUT2D eigenvalue weighted by Crippen LogP contribution is -2.44. The first-order chi connectivity index (χ1) is 16.1. The largest absolute Gasteiger partial charge is 0.481 e. The Morgan fingerprint density at radius 3 is 2.55 bits per heavy atom. The standard InChI is InChI=1S/C24H27N7O2/c1-17-15-25-24(26-18-7-9-19(10-8-18)30-13-11-29(2)12-14-30)27-23(17)28-31-20-5-3-4-6-21(20)33-16-22(31)32/h3-10,15H,11-14,16H2,1-2H3,(H2,25,26,27,28). The van der Waals surface area contributed by atoms with Gasteiger partial charge in [-0.15, -0.1) is 0 Å². The minimum absolute atomic E-state index is 0.0289. The molecule has 1 saturated heterocycles. The molecule has 1 fully saturated rings. The highest BCUT2D eigenvalue weighted by molar-refractivity contribution is 5.99. The average Bonchev–Trinajstić information content (AvgIpc) is 2.84. The fraction of sp³-hybridized carbons (Fsp3) is 0.292. The molecule has 3 aromatic rings. The van der Waals surface area contributed by atoms with Crippen molar-refractivity contribution < 1.29 is 9.53 Å². The monoisotopic (exact) mass is 445 g/mol. The maximum atomic E-state index is 12.5. The zero-order chi connectivity index (χ0) is 22.8. The molecule has 3 heterocycles. The molecule has 1 amide bonds. The lowest BCUT2D eigenvalue weighted by Gasteiger charge is -2.34. The molecule has 2 N–H and O–H groups in total. The van der Waals surface area contributed by atoms with Crippen LogP contribution in [-0.2, 0) is 4.79 Å². The number of benzene rings is 2. The number of rotatable bonds is 5. The van der Waals surface area contributed by atoms with E-state index in [1.807, 2.05) is 43.3 Å². The smallest absolute Gasteiger partial charge is 0.283 e. The van der Waals surface area contributed by atoms with Crippen LogP contribution in [0.5, 0.6) is 5.75 Å². The minimum Gasteiger partial charge on any atom is -0.481 e. The van der Waals surface area contributed by atoms with Gasteiger partial charge in [0.2, 0.25) is 5.95 Å². The van der Waals surface area contributed by atoms with Gasteiger partial charge in [-0.05, 0) is 50.4 Å². The number of ether oxygens (including phenoxy) is 1. The van der Waals surface area contributed by atoms with Crippen molar-refractivity contribution in [1.29, 1.82) is 0 Å². The number of hydrogen-bond donors (Lipinski definition) is 2. The molecule has 0 saturated carbocycles. The van der Waals surface area contributed by atoms with Crippen LogP contribution in [-0.4, -0.2) is 60.6 Å². The number of piperazine rings is 1. The van der Waals surface area contributed by atoms with Gasteiger partial charge >= 0.3 is 0 Å². The second-order valence-corrected chi connectivity index (χ2v) is 8.28. The summed E-state index contributed by atoms with van der Waals surface area (Å²) in [6.07, 6.45) is 1.73. The van der Waals surface area contributed by atoms with Gasteiger partial charge in [-0.3, -0.25) is 10.2 Å². The number of hydrazine groups is 1. The quantitative estimate of drug-likeness (QED) is 0.620. The number of aryl methyl sites for hydroxylation is 1. The van der Waals surface area contributed by atoms with Crippen LogP contribution in [0.25, 0.3) is 0 Å². The molecule has 0 unspecified atom stereocenters. The third kappa shape index (κ3) is 4.54. The Morgan fingerprint density at radius 1 is 1.00 bits per heavy atom. The van der Waals surface area contributed by atoms with E-state index in [9.17, 15) is 4.79 Å². The van der Waals surface area contributed by atoms with E-state index in [0.717, 1.165) is 37.4 Å². The maximum absolute atomic E-state index is 12.5. The molecule has 2 aromatic carbocycles. The predicted molar refractivity (Wildman–Crippen MR) is 129 cm³/mol. The third-order valence-electron chi connectivity index (χ3n) is 5.89. The van der Waals surface area contributed by atoms with Crippen molar-refractivity contribution >= 4 is 34.7 Å². The molecular formula is C24H27N7O2. The lowest BCUT2D eigenvalue weighted by molar-refractivity contribution is -0.121. The Balaban J connectivity index is 1.31. The van der Waals surface area contributed by atoms with Crippen LogP contribution in [0.4, 0.5) is 28.8 Å². The molecule has 33 heavy (non-hydrogen) atoms. The number of anilines is 5. The summed E-state index contributed by atoms with van der Waals surface area (Å²) in [5.41, 5.74) is 6.73. The summed E-state index contributed by atoms with van der Waals surface area (Å²) in [6.45, 7) is 6.07. The molecule has 0 spiro atoms. The Kier molecular flexibility index (Phi) is 5.70. The predicted octanol–water partition coefficient (Wildman–Crippen LogP) is 3.03. The van der Waals surface area contributed by atoms with Gasteiger partial charge in [0.1, 0.15) is 11.4 Å². The van der Waals surface area contributed by atoms with Crippen LogP contribution in [0.15, 0.2) is 54.7 Å². The van der Waals surface area contributed by atoms with Gasteiger partial charge in [0.25, 0.3) is 5.91 Å². The summed E-state index contributed by atoms with van der Waals surface area (Å²) in [5.74, 6) is 1.45. The highest BCUT2D eigenvalue weighted by Crippen LogP contribution is 2.32. The third-order valence-corrected chi connectivity index (χ3v) is 5.89. The first kappa shape index (κ1) is 21.0. The SMILES string of the molecule is Cc1cnc(Nc2ccc(N3CCN(C)CC3)cc2)nc1NN1C(=O)COc2ccccc21. The highest BCUT2D eigenvalue weighted by Gasteiger charge is 2.26. The summed E-state index contributed by atoms with van der Waals surface area (Å²) in [6, 6.07) is 15.7. The first-order valence-electron chi connectivity index (χ1n) is 11.0. The molecule has 5 rings (SSSR count). The fourth-order valence-electron chi connectivity index (χ4n) is 3.90. The van der Waals surface area contributed by atoms with Crippen molar-refractivity contribution in [1.82, 2.24) is 14.9 Å². The van der Waals surface area contributed by atoms with Gasteiger partial charge in [-0.25, -0.2) is 9.99 Å². The Labute approximate surface area is 193 Å². The van der Waals surface area contributed by atoms with E-state index >= 15 is 0 Å². The van der Waals surface area contributed by atoms with Gasteiger partial charge in [0.05, 0.1) is 0 Å². The van der Waals surface area contributed by atoms with Crippen LogP contribution >= 0.6 is 0 Å². The van der Waals surface area contributed by atoms with Crippen LogP contribution in [0.1, 0.15) is 5.56 Å². The number of aromatic nitrogens is 2. The molecule has 2 aliphatic heterocycles. The molecule has 2 aliphatic rings. The van der Waals surface area contributed by atoms with E-state index in [0.29, 0.717) is 23.2 Å². The maximum Gasteiger partial charge on any atom is 0.283 e. The molecule has 9 nitrogen and oxygen atoms in total. The highest BCUT2D eigenvalue weighted by atomic mass is 16.5. The van der Waals surface area contributed by atoms with Gasteiger partial charge in [-0.1, -0.05) is 12.1 Å². The number of amides is 1. The van der Waals surface area contributed by atoms with Crippen molar-refractivity contribution in [2.75, 3.05) is 60.5 Å². The van der Waals surface area contributed by atoms with E-state index in [2.05, 4.69) is 49.7 Å². The van der Waals surface area contributed by atoms with Crippen molar-refractivity contribution in [2.45, 2.75) is 6.92 Å². The summed E-state index contributed by atoms with van der Waals surface area (Å²) in [5, 5.41) is 4.73. The van der Waals surface area contributed by atoms with Crippen LogP contribution in [0.3, 0.4) is 0 Å². The summed E-state index contributed by atoms with van der Waals surface area (Å²) >= 11 is 0. The Bertz CT molecular complexity index is 1140. The van der Waals surface area contributed by atoms with Crippen molar-refractivity contribution in [3.8, 4) is 5.75 Å². The van der Waals surface area contributed by atoms with Crippen molar-refractivity contribution in [2.24, 2.45) is 0 Å². The second-order valence-electron chi connectivity index (χ2n) is 8.28. The first-order valence-corrected chi connectivity index (χ1v) is 11.0. The Morgan fingerprint density at radius 2 is 1.76 bits per heavy atom. The van der Waals surface area contributed by atoms with Gasteiger partial charge in [-0.2, -0.15) is 4.98 Å². The summed E-state index contributed by atoms with van der Waals surface area (Å²) < 4.78 is 5.51. The summed E-state index contributed by atoms with van der Waals surface area (Å²) in [7, 11) is 2.16. The molecule has 0 radical (unpaired) electrons. The molecule has 9 heteroatoms. The molecule has 1 aromatic heterocycles. The normalized spacial score (nSPS) is 16.2. The molecule has 170 valence electrons. The van der Waals surface area contributed by atoms with Crippen molar-refractivity contribution in [3.05, 3.63) is 60.3 Å². The number of carbonyl (C=O) groups excluding carboxylic acids is 1. The topological polar surface area (TPSA) is 85.9 Å². The van der Waals surface area contributed by atoms with E-state index < -0.39 is 0 Å². The van der Waals surface area contributed by atoms with E-state index in [1.165, 1.54) is 10.7 Å². The van der Waals surface area contributed by atoms with Crippen LogP contribution in [0.2, 0.25) is 0 Å².